The van der Waals surface area contributed by atoms with Crippen LogP contribution in [0.3, 0.4) is 0 Å². The molecule has 0 aromatic heterocycles. The van der Waals surface area contributed by atoms with Crippen LogP contribution in [0, 0.1) is 0 Å². The molecule has 0 radical (unpaired) electrons. The van der Waals surface area contributed by atoms with Crippen molar-refractivity contribution in [2.75, 3.05) is 79.3 Å². The van der Waals surface area contributed by atoms with Gasteiger partial charge < -0.3 is 37.9 Å². The monoisotopic (exact) mass is 652 g/mol. The van der Waals surface area contributed by atoms with Crippen LogP contribution in [0.1, 0.15) is 44.5 Å². The van der Waals surface area contributed by atoms with Crippen LogP contribution in [0.2, 0.25) is 0 Å². The molecule has 0 amide bonds. The molecular formula is C40H44O8. The summed E-state index contributed by atoms with van der Waals surface area (Å²) in [6.45, 7) is 5.80. The lowest BCUT2D eigenvalue weighted by Gasteiger charge is -2.20. The van der Waals surface area contributed by atoms with E-state index in [-0.39, 0.29) is 0 Å². The largest absolute Gasteiger partial charge is 0.491 e. The molecule has 4 aromatic rings. The third-order valence-electron chi connectivity index (χ3n) is 8.67. The summed E-state index contributed by atoms with van der Waals surface area (Å²) in [5.74, 6) is 3.46. The normalized spacial score (nSPS) is 17.8. The van der Waals surface area contributed by atoms with E-state index in [2.05, 4.69) is 72.8 Å². The second-order valence-electron chi connectivity index (χ2n) is 12.3. The van der Waals surface area contributed by atoms with Crippen molar-refractivity contribution in [2.45, 2.75) is 25.7 Å². The average molecular weight is 653 g/mol. The number of benzene rings is 4. The maximum absolute atomic E-state index is 6.56. The van der Waals surface area contributed by atoms with Gasteiger partial charge in [-0.2, -0.15) is 0 Å². The highest BCUT2D eigenvalue weighted by Crippen LogP contribution is 2.35. The van der Waals surface area contributed by atoms with Crippen LogP contribution in [0.4, 0.5) is 0 Å². The zero-order valence-corrected chi connectivity index (χ0v) is 27.5. The molecule has 0 saturated heterocycles. The van der Waals surface area contributed by atoms with Gasteiger partial charge in [0.05, 0.1) is 52.9 Å². The topological polar surface area (TPSA) is 73.8 Å². The van der Waals surface area contributed by atoms with E-state index < -0.39 is 0 Å². The van der Waals surface area contributed by atoms with Gasteiger partial charge in [0, 0.05) is 19.3 Å². The fourth-order valence-corrected chi connectivity index (χ4v) is 6.60. The second kappa shape index (κ2) is 16.3. The van der Waals surface area contributed by atoms with Crippen LogP contribution in [-0.4, -0.2) is 79.3 Å². The molecule has 12 bridgehead atoms. The molecule has 252 valence electrons. The van der Waals surface area contributed by atoms with E-state index in [9.17, 15) is 0 Å². The maximum atomic E-state index is 6.56. The van der Waals surface area contributed by atoms with E-state index in [1.165, 1.54) is 11.1 Å². The average Bonchev–Trinajstić information content (AvgIpc) is 3.08. The number of hydrogen-bond acceptors (Lipinski definition) is 8. The van der Waals surface area contributed by atoms with Crippen molar-refractivity contribution < 1.29 is 37.9 Å². The fraction of sp³-hybridized carbons (Fsp3) is 0.400. The Morgan fingerprint density at radius 1 is 0.312 bits per heavy atom. The van der Waals surface area contributed by atoms with E-state index in [1.807, 2.05) is 0 Å². The molecule has 0 fully saturated rings. The van der Waals surface area contributed by atoms with Crippen LogP contribution >= 0.6 is 0 Å². The summed E-state index contributed by atoms with van der Waals surface area (Å²) in [5, 5.41) is 0. The zero-order valence-electron chi connectivity index (χ0n) is 27.5. The van der Waals surface area contributed by atoms with E-state index >= 15 is 0 Å². The Morgan fingerprint density at radius 2 is 0.646 bits per heavy atom. The van der Waals surface area contributed by atoms with Gasteiger partial charge in [-0.1, -0.05) is 48.5 Å². The molecule has 8 nitrogen and oxygen atoms in total. The van der Waals surface area contributed by atoms with Crippen LogP contribution in [0.25, 0.3) is 0 Å². The minimum Gasteiger partial charge on any atom is -0.491 e. The first-order valence-electron chi connectivity index (χ1n) is 17.1. The van der Waals surface area contributed by atoms with Crippen molar-refractivity contribution >= 4 is 0 Å². The third-order valence-corrected chi connectivity index (χ3v) is 8.67. The van der Waals surface area contributed by atoms with E-state index in [0.29, 0.717) is 98.5 Å². The lowest BCUT2D eigenvalue weighted by atomic mass is 9.92. The highest BCUT2D eigenvalue weighted by molar-refractivity contribution is 5.52. The molecule has 0 N–H and O–H groups in total. The molecule has 0 unspecified atom stereocenters. The van der Waals surface area contributed by atoms with Crippen molar-refractivity contribution in [2.24, 2.45) is 0 Å². The predicted octanol–water partition coefficient (Wildman–Crippen LogP) is 5.97. The summed E-state index contributed by atoms with van der Waals surface area (Å²) >= 11 is 0. The Hall–Kier alpha value is -4.08. The van der Waals surface area contributed by atoms with Gasteiger partial charge in [0.25, 0.3) is 0 Å². The summed E-state index contributed by atoms with van der Waals surface area (Å²) in [6.07, 6.45) is 2.77. The first kappa shape index (κ1) is 32.5. The standard InChI is InChI=1S/C40H44O8/c1-3-33-22-31-20-29-19-30-21-32(27-38(25-30)46-16-12-42-8-7-41-11-15-45-37(24-29)26-31)23-34-4-2-6-36-28-35(5-1)39(33)47-17-13-43-9-10-44-14-18-48-40(34)36/h1-6,20-21,24-27H,7-19,22-23,28H2. The minimum atomic E-state index is 0.450. The third kappa shape index (κ3) is 8.68. The second-order valence-corrected chi connectivity index (χ2v) is 12.3. The predicted molar refractivity (Wildman–Crippen MR) is 182 cm³/mol. The van der Waals surface area contributed by atoms with Gasteiger partial charge in [0.1, 0.15) is 49.4 Å². The number of fused-ring (bicyclic) bond motifs is 4. The van der Waals surface area contributed by atoms with Crippen molar-refractivity contribution in [3.63, 3.8) is 0 Å². The Labute approximate surface area is 282 Å². The van der Waals surface area contributed by atoms with Gasteiger partial charge in [-0.25, -0.2) is 0 Å². The SMILES string of the molecule is c1cc2c3c(c1)Cc1cccc(c1OCCOCCOCCO3)Cc1cc3cc(c1)OCCOCCOCCOc1cc(cc(c1)C2)C3. The Balaban J connectivity index is 1.37. The summed E-state index contributed by atoms with van der Waals surface area (Å²) in [7, 11) is 0. The molecule has 48 heavy (non-hydrogen) atoms. The lowest BCUT2D eigenvalue weighted by Crippen LogP contribution is -2.14. The maximum Gasteiger partial charge on any atom is 0.126 e. The number of ether oxygens (including phenoxy) is 8. The molecule has 2 heterocycles. The van der Waals surface area contributed by atoms with E-state index in [4.69, 9.17) is 37.9 Å². The molecule has 3 aliphatic rings. The number of rotatable bonds is 0. The zero-order chi connectivity index (χ0) is 32.4. The lowest BCUT2D eigenvalue weighted by molar-refractivity contribution is 0.0272. The van der Waals surface area contributed by atoms with Gasteiger partial charge in [0.15, 0.2) is 0 Å². The van der Waals surface area contributed by atoms with Gasteiger partial charge in [0.2, 0.25) is 0 Å². The smallest absolute Gasteiger partial charge is 0.126 e. The van der Waals surface area contributed by atoms with Crippen molar-refractivity contribution in [1.29, 1.82) is 0 Å². The minimum absolute atomic E-state index is 0.450. The van der Waals surface area contributed by atoms with Crippen molar-refractivity contribution in [3.8, 4) is 23.0 Å². The van der Waals surface area contributed by atoms with Crippen molar-refractivity contribution in [1.82, 2.24) is 0 Å². The molecule has 0 spiro atoms. The van der Waals surface area contributed by atoms with Crippen molar-refractivity contribution in [3.05, 3.63) is 117 Å². The molecule has 0 saturated carbocycles. The summed E-state index contributed by atoms with van der Waals surface area (Å²) in [5.41, 5.74) is 9.11. The molecule has 7 rings (SSSR count). The molecule has 8 heteroatoms. The van der Waals surface area contributed by atoms with Crippen LogP contribution in [0.5, 0.6) is 23.0 Å². The highest BCUT2D eigenvalue weighted by Gasteiger charge is 2.19. The van der Waals surface area contributed by atoms with Crippen LogP contribution in [-0.2, 0) is 44.6 Å². The summed E-state index contributed by atoms with van der Waals surface area (Å²) in [4.78, 5) is 0. The van der Waals surface area contributed by atoms with Gasteiger partial charge in [-0.3, -0.25) is 0 Å². The first-order chi connectivity index (χ1) is 23.8. The summed E-state index contributed by atoms with van der Waals surface area (Å²) < 4.78 is 48.8. The Morgan fingerprint density at radius 3 is 1.06 bits per heavy atom. The Kier molecular flexibility index (Phi) is 11.1. The van der Waals surface area contributed by atoms with Crippen LogP contribution < -0.4 is 18.9 Å². The molecule has 4 aromatic carbocycles. The fourth-order valence-electron chi connectivity index (χ4n) is 6.60. The quantitative estimate of drug-likeness (QED) is 0.203. The van der Waals surface area contributed by atoms with Gasteiger partial charge >= 0.3 is 0 Å². The molecule has 0 atom stereocenters. The highest BCUT2D eigenvalue weighted by atomic mass is 16.6. The first-order valence-corrected chi connectivity index (χ1v) is 17.1. The number of hydrogen-bond donors (Lipinski definition) is 0. The molecule has 1 aliphatic carbocycles. The number of para-hydroxylation sites is 2. The Bertz CT molecular complexity index is 1550. The van der Waals surface area contributed by atoms with Gasteiger partial charge in [-0.15, -0.1) is 0 Å². The van der Waals surface area contributed by atoms with E-state index in [0.717, 1.165) is 62.8 Å². The summed E-state index contributed by atoms with van der Waals surface area (Å²) in [6, 6.07) is 26.0. The van der Waals surface area contributed by atoms with Crippen LogP contribution in [0.15, 0.2) is 72.8 Å². The van der Waals surface area contributed by atoms with E-state index in [1.54, 1.807) is 0 Å². The molecular weight excluding hydrogens is 608 g/mol. The molecule has 2 aliphatic heterocycles. The van der Waals surface area contributed by atoms with Gasteiger partial charge in [-0.05, 0) is 75.2 Å².